The summed E-state index contributed by atoms with van der Waals surface area (Å²) in [6.45, 7) is -0.0812. The van der Waals surface area contributed by atoms with E-state index >= 15 is 0 Å². The molecule has 0 bridgehead atoms. The molecule has 2 N–H and O–H groups in total. The van der Waals surface area contributed by atoms with Gasteiger partial charge in [-0.3, -0.25) is 0 Å². The zero-order chi connectivity index (χ0) is 10.9. The summed E-state index contributed by atoms with van der Waals surface area (Å²) in [5.74, 6) is -2.61. The number of alkyl halides is 2. The Labute approximate surface area is 85.8 Å². The lowest BCUT2D eigenvalue weighted by atomic mass is 10.1. The zero-order valence-electron chi connectivity index (χ0n) is 8.00. The summed E-state index contributed by atoms with van der Waals surface area (Å²) >= 11 is 0. The van der Waals surface area contributed by atoms with Gasteiger partial charge in [0.25, 0.3) is 5.92 Å². The van der Waals surface area contributed by atoms with Crippen LogP contribution in [-0.4, -0.2) is 19.8 Å². The third kappa shape index (κ3) is 1.74. The van der Waals surface area contributed by atoms with E-state index in [2.05, 4.69) is 0 Å². The topological polar surface area (TPSA) is 44.5 Å². The minimum atomic E-state index is -3.08. The van der Waals surface area contributed by atoms with Gasteiger partial charge in [0, 0.05) is 0 Å². The normalized spacial score (nSPS) is 15.1. The molecule has 0 spiro atoms. The summed E-state index contributed by atoms with van der Waals surface area (Å²) in [5, 5.41) is 0. The summed E-state index contributed by atoms with van der Waals surface area (Å²) in [5.41, 5.74) is 4.82. The molecule has 82 valence electrons. The van der Waals surface area contributed by atoms with Gasteiger partial charge in [-0.05, 0) is 12.1 Å². The van der Waals surface area contributed by atoms with Gasteiger partial charge in [0.05, 0.1) is 12.1 Å². The van der Waals surface area contributed by atoms with Crippen LogP contribution in [0, 0.1) is 0 Å². The minimum Gasteiger partial charge on any atom is -0.486 e. The van der Waals surface area contributed by atoms with Gasteiger partial charge >= 0.3 is 0 Å². The Hall–Kier alpha value is -1.36. The van der Waals surface area contributed by atoms with Crippen LogP contribution < -0.4 is 15.2 Å². The number of hydrogen-bond donors (Lipinski definition) is 1. The van der Waals surface area contributed by atoms with E-state index in [0.29, 0.717) is 12.4 Å². The molecule has 0 fully saturated rings. The molecule has 0 aliphatic carbocycles. The molecule has 1 aliphatic rings. The van der Waals surface area contributed by atoms with Crippen molar-refractivity contribution in [3.8, 4) is 11.5 Å². The third-order valence-corrected chi connectivity index (χ3v) is 2.22. The molecule has 0 aromatic heterocycles. The lowest BCUT2D eigenvalue weighted by Gasteiger charge is -2.24. The minimum absolute atomic E-state index is 0.110. The van der Waals surface area contributed by atoms with Crippen molar-refractivity contribution in [1.29, 1.82) is 0 Å². The summed E-state index contributed by atoms with van der Waals surface area (Å²) in [6, 6.07) is 4.41. The van der Waals surface area contributed by atoms with Crippen LogP contribution >= 0.6 is 0 Å². The molecule has 1 aromatic rings. The quantitative estimate of drug-likeness (QED) is 0.813. The highest BCUT2D eigenvalue weighted by Crippen LogP contribution is 2.41. The Morgan fingerprint density at radius 3 is 2.73 bits per heavy atom. The van der Waals surface area contributed by atoms with E-state index in [0.717, 1.165) is 0 Å². The van der Waals surface area contributed by atoms with Crippen LogP contribution in [0.4, 0.5) is 8.78 Å². The summed E-state index contributed by atoms with van der Waals surface area (Å²) in [6.07, 6.45) is 0. The smallest absolute Gasteiger partial charge is 0.288 e. The fourth-order valence-electron chi connectivity index (χ4n) is 1.47. The first-order valence-corrected chi connectivity index (χ1v) is 4.62. The van der Waals surface area contributed by atoms with E-state index in [1.807, 2.05) is 0 Å². The maximum atomic E-state index is 13.4. The first-order valence-electron chi connectivity index (χ1n) is 4.62. The van der Waals surface area contributed by atoms with E-state index < -0.39 is 12.5 Å². The van der Waals surface area contributed by atoms with Gasteiger partial charge in [-0.15, -0.1) is 0 Å². The first kappa shape index (κ1) is 10.2. The summed E-state index contributed by atoms with van der Waals surface area (Å²) in [7, 11) is 0. The zero-order valence-corrected chi connectivity index (χ0v) is 8.00. The van der Waals surface area contributed by atoms with Crippen LogP contribution in [0.5, 0.6) is 11.5 Å². The van der Waals surface area contributed by atoms with Crippen molar-refractivity contribution in [3.05, 3.63) is 23.8 Å². The molecule has 1 aromatic carbocycles. The standard InChI is InChI=1S/C10H11F2NO2/c11-10(12,6-13)7-2-1-3-8-9(7)15-5-4-14-8/h1-3H,4-6,13H2. The van der Waals surface area contributed by atoms with Crippen molar-refractivity contribution >= 4 is 0 Å². The molecule has 0 saturated heterocycles. The molecule has 1 heterocycles. The fraction of sp³-hybridized carbons (Fsp3) is 0.400. The summed E-state index contributed by atoms with van der Waals surface area (Å²) < 4.78 is 37.2. The van der Waals surface area contributed by atoms with E-state index in [4.69, 9.17) is 15.2 Å². The lowest BCUT2D eigenvalue weighted by molar-refractivity contribution is 0.00122. The number of nitrogens with two attached hydrogens (primary N) is 1. The third-order valence-electron chi connectivity index (χ3n) is 2.22. The first-order chi connectivity index (χ1) is 7.15. The second-order valence-corrected chi connectivity index (χ2v) is 3.24. The monoisotopic (exact) mass is 215 g/mol. The molecule has 0 saturated carbocycles. The van der Waals surface area contributed by atoms with Crippen molar-refractivity contribution in [1.82, 2.24) is 0 Å². The van der Waals surface area contributed by atoms with Crippen LogP contribution in [0.1, 0.15) is 5.56 Å². The van der Waals surface area contributed by atoms with Gasteiger partial charge < -0.3 is 15.2 Å². The average Bonchev–Trinajstić information content (AvgIpc) is 2.28. The fourth-order valence-corrected chi connectivity index (χ4v) is 1.47. The van der Waals surface area contributed by atoms with Crippen LogP contribution in [0.2, 0.25) is 0 Å². The van der Waals surface area contributed by atoms with Crippen molar-refractivity contribution < 1.29 is 18.3 Å². The molecular weight excluding hydrogens is 204 g/mol. The van der Waals surface area contributed by atoms with E-state index in [9.17, 15) is 8.78 Å². The number of hydrogen-bond acceptors (Lipinski definition) is 3. The van der Waals surface area contributed by atoms with E-state index in [1.54, 1.807) is 6.07 Å². The van der Waals surface area contributed by atoms with Gasteiger partial charge in [-0.25, -0.2) is 0 Å². The number of ether oxygens (including phenoxy) is 2. The van der Waals surface area contributed by atoms with Gasteiger partial charge in [0.15, 0.2) is 11.5 Å². The van der Waals surface area contributed by atoms with Gasteiger partial charge in [0.1, 0.15) is 13.2 Å². The predicted molar refractivity (Wildman–Crippen MR) is 50.4 cm³/mol. The average molecular weight is 215 g/mol. The van der Waals surface area contributed by atoms with E-state index in [1.165, 1.54) is 12.1 Å². The van der Waals surface area contributed by atoms with Gasteiger partial charge in [-0.2, -0.15) is 8.78 Å². The van der Waals surface area contributed by atoms with Crippen LogP contribution in [0.25, 0.3) is 0 Å². The molecule has 2 rings (SSSR count). The number of rotatable bonds is 2. The molecule has 0 radical (unpaired) electrons. The highest BCUT2D eigenvalue weighted by atomic mass is 19.3. The summed E-state index contributed by atoms with van der Waals surface area (Å²) in [4.78, 5) is 0. The van der Waals surface area contributed by atoms with Crippen LogP contribution in [0.15, 0.2) is 18.2 Å². The molecule has 0 unspecified atom stereocenters. The highest BCUT2D eigenvalue weighted by molar-refractivity contribution is 5.49. The Morgan fingerprint density at radius 2 is 2.00 bits per heavy atom. The molecule has 5 heteroatoms. The van der Waals surface area contributed by atoms with Crippen LogP contribution in [0.3, 0.4) is 0 Å². The predicted octanol–water partition coefficient (Wildman–Crippen LogP) is 1.51. The molecule has 0 atom stereocenters. The molecule has 1 aliphatic heterocycles. The van der Waals surface area contributed by atoms with Crippen molar-refractivity contribution in [2.24, 2.45) is 5.73 Å². The van der Waals surface area contributed by atoms with Gasteiger partial charge in [-0.1, -0.05) is 6.07 Å². The Balaban J connectivity index is 2.48. The second-order valence-electron chi connectivity index (χ2n) is 3.24. The molecule has 15 heavy (non-hydrogen) atoms. The molecular formula is C10H11F2NO2. The number of halogens is 2. The van der Waals surface area contributed by atoms with E-state index in [-0.39, 0.29) is 17.9 Å². The molecule has 3 nitrogen and oxygen atoms in total. The Bertz CT molecular complexity index is 368. The number of fused-ring (bicyclic) bond motifs is 1. The number of para-hydroxylation sites is 1. The largest absolute Gasteiger partial charge is 0.486 e. The van der Waals surface area contributed by atoms with Crippen LogP contribution in [-0.2, 0) is 5.92 Å². The van der Waals surface area contributed by atoms with Gasteiger partial charge in [0.2, 0.25) is 0 Å². The van der Waals surface area contributed by atoms with Crippen molar-refractivity contribution in [2.45, 2.75) is 5.92 Å². The maximum absolute atomic E-state index is 13.4. The Morgan fingerprint density at radius 1 is 1.27 bits per heavy atom. The lowest BCUT2D eigenvalue weighted by Crippen LogP contribution is -2.27. The Kier molecular flexibility index (Phi) is 2.48. The van der Waals surface area contributed by atoms with Crippen molar-refractivity contribution in [2.75, 3.05) is 19.8 Å². The van der Waals surface area contributed by atoms with Crippen molar-refractivity contribution in [3.63, 3.8) is 0 Å². The molecule has 0 amide bonds. The number of benzene rings is 1. The maximum Gasteiger partial charge on any atom is 0.288 e. The SMILES string of the molecule is NCC(F)(F)c1cccc2c1OCCO2. The highest BCUT2D eigenvalue weighted by Gasteiger charge is 2.35. The second kappa shape index (κ2) is 3.66.